The minimum Gasteiger partial charge on any atom is -0.495 e. The van der Waals surface area contributed by atoms with E-state index in [0.29, 0.717) is 28.1 Å². The Kier molecular flexibility index (Phi) is 7.10. The molecule has 0 radical (unpaired) electrons. The summed E-state index contributed by atoms with van der Waals surface area (Å²) in [6.45, 7) is 1.76. The predicted octanol–water partition coefficient (Wildman–Crippen LogP) is 3.55. The number of nitrogens with one attached hydrogen (secondary N) is 1. The molecule has 3 aromatic rings. The lowest BCUT2D eigenvalue weighted by molar-refractivity contribution is -0.118. The Morgan fingerprint density at radius 3 is 2.91 bits per heavy atom. The van der Waals surface area contributed by atoms with Gasteiger partial charge in [0.1, 0.15) is 11.4 Å². The molecule has 3 heterocycles. The Bertz CT molecular complexity index is 1150. The van der Waals surface area contributed by atoms with Gasteiger partial charge in [0, 0.05) is 55.8 Å². The van der Waals surface area contributed by atoms with E-state index in [9.17, 15) is 9.59 Å². The molecule has 1 aliphatic rings. The molecule has 0 bridgehead atoms. The van der Waals surface area contributed by atoms with Crippen LogP contribution in [0.25, 0.3) is 0 Å². The van der Waals surface area contributed by atoms with Gasteiger partial charge in [-0.05, 0) is 24.3 Å². The van der Waals surface area contributed by atoms with Crippen LogP contribution in [0, 0.1) is 0 Å². The number of methoxy groups -OCH3 is 1. The molecule has 0 unspecified atom stereocenters. The quantitative estimate of drug-likeness (QED) is 0.550. The number of nitrogens with zero attached hydrogens (tertiary/aromatic N) is 4. The van der Waals surface area contributed by atoms with Crippen LogP contribution in [0.15, 0.2) is 42.6 Å². The second-order valence-electron chi connectivity index (χ2n) is 7.53. The smallest absolute Gasteiger partial charge is 0.269 e. The number of amides is 2. The molecular weight excluding hydrogens is 462 g/mol. The molecule has 0 spiro atoms. The summed E-state index contributed by atoms with van der Waals surface area (Å²) < 4.78 is 5.34. The zero-order chi connectivity index (χ0) is 23.4. The van der Waals surface area contributed by atoms with Crippen molar-refractivity contribution in [1.29, 1.82) is 0 Å². The van der Waals surface area contributed by atoms with E-state index in [2.05, 4.69) is 15.2 Å². The standard InChI is InChI=1S/C23H24ClN5O3S/c1-28(21(30)8-11-26-22(31)18-5-3-4-10-25-18)23-27-17-9-12-29(14-20(17)33-23)15-6-7-16(24)19(13-15)32-2/h3-7,10,13H,8-9,11-12,14H2,1-2H3,(H,26,31). The van der Waals surface area contributed by atoms with Gasteiger partial charge in [0.15, 0.2) is 5.13 Å². The maximum atomic E-state index is 12.7. The van der Waals surface area contributed by atoms with E-state index in [4.69, 9.17) is 21.3 Å². The van der Waals surface area contributed by atoms with Crippen LogP contribution < -0.4 is 19.9 Å². The Morgan fingerprint density at radius 1 is 1.30 bits per heavy atom. The number of rotatable bonds is 7. The lowest BCUT2D eigenvalue weighted by Crippen LogP contribution is -2.32. The molecule has 0 saturated heterocycles. The Hall–Kier alpha value is -3.17. The molecule has 10 heteroatoms. The summed E-state index contributed by atoms with van der Waals surface area (Å²) in [5, 5.41) is 3.97. The zero-order valence-electron chi connectivity index (χ0n) is 18.4. The number of pyridine rings is 1. The molecule has 0 aliphatic carbocycles. The van der Waals surface area contributed by atoms with Crippen LogP contribution in [0.1, 0.15) is 27.5 Å². The first-order valence-electron chi connectivity index (χ1n) is 10.5. The third-order valence-electron chi connectivity index (χ3n) is 5.40. The summed E-state index contributed by atoms with van der Waals surface area (Å²) >= 11 is 7.67. The van der Waals surface area contributed by atoms with Gasteiger partial charge in [0.25, 0.3) is 5.91 Å². The zero-order valence-corrected chi connectivity index (χ0v) is 19.9. The van der Waals surface area contributed by atoms with Crippen molar-refractivity contribution >= 4 is 45.6 Å². The maximum Gasteiger partial charge on any atom is 0.269 e. The predicted molar refractivity (Wildman–Crippen MR) is 129 cm³/mol. The van der Waals surface area contributed by atoms with Gasteiger partial charge >= 0.3 is 0 Å². The number of carbonyl (C=O) groups is 2. The first kappa shape index (κ1) is 23.0. The number of anilines is 2. The fourth-order valence-electron chi connectivity index (χ4n) is 3.54. The van der Waals surface area contributed by atoms with Gasteiger partial charge in [0.05, 0.1) is 24.4 Å². The van der Waals surface area contributed by atoms with Crippen molar-refractivity contribution in [2.75, 3.05) is 37.0 Å². The number of aromatic nitrogens is 2. The fraction of sp³-hybridized carbons (Fsp3) is 0.304. The van der Waals surface area contributed by atoms with Crippen molar-refractivity contribution in [1.82, 2.24) is 15.3 Å². The number of benzene rings is 1. The monoisotopic (exact) mass is 485 g/mol. The summed E-state index contributed by atoms with van der Waals surface area (Å²) in [5.41, 5.74) is 2.38. The Labute approximate surface area is 201 Å². The van der Waals surface area contributed by atoms with Gasteiger partial charge < -0.3 is 15.0 Å². The molecule has 2 aromatic heterocycles. The topological polar surface area (TPSA) is 87.7 Å². The Balaban J connectivity index is 1.35. The van der Waals surface area contributed by atoms with E-state index in [0.717, 1.165) is 29.2 Å². The number of thiazole rings is 1. The van der Waals surface area contributed by atoms with E-state index >= 15 is 0 Å². The van der Waals surface area contributed by atoms with Crippen LogP contribution in [0.2, 0.25) is 5.02 Å². The highest BCUT2D eigenvalue weighted by Crippen LogP contribution is 2.35. The molecule has 8 nitrogen and oxygen atoms in total. The lowest BCUT2D eigenvalue weighted by atomic mass is 10.1. The molecule has 2 amide bonds. The number of carbonyl (C=O) groups excluding carboxylic acids is 2. The minimum atomic E-state index is -0.297. The number of hydrogen-bond acceptors (Lipinski definition) is 7. The number of ether oxygens (including phenoxy) is 1. The lowest BCUT2D eigenvalue weighted by Gasteiger charge is -2.28. The van der Waals surface area contributed by atoms with Crippen LogP contribution >= 0.6 is 22.9 Å². The Morgan fingerprint density at radius 2 is 2.15 bits per heavy atom. The van der Waals surface area contributed by atoms with Crippen LogP contribution in [0.4, 0.5) is 10.8 Å². The second kappa shape index (κ2) is 10.2. The van der Waals surface area contributed by atoms with Crippen LogP contribution in [0.5, 0.6) is 5.75 Å². The third-order valence-corrected chi connectivity index (χ3v) is 6.87. The molecule has 1 aliphatic heterocycles. The molecule has 172 valence electrons. The van der Waals surface area contributed by atoms with Gasteiger partial charge in [-0.1, -0.05) is 29.0 Å². The van der Waals surface area contributed by atoms with Crippen molar-refractivity contribution in [3.05, 3.63) is 63.9 Å². The summed E-state index contributed by atoms with van der Waals surface area (Å²) in [5.74, 6) is 0.238. The molecule has 0 fully saturated rings. The largest absolute Gasteiger partial charge is 0.495 e. The molecule has 0 saturated carbocycles. The normalized spacial score (nSPS) is 12.8. The fourth-order valence-corrected chi connectivity index (χ4v) is 4.83. The van der Waals surface area contributed by atoms with Gasteiger partial charge in [0.2, 0.25) is 5.91 Å². The molecule has 4 rings (SSSR count). The number of hydrogen-bond donors (Lipinski definition) is 1. The van der Waals surface area contributed by atoms with E-state index in [1.165, 1.54) is 11.3 Å². The number of fused-ring (bicyclic) bond motifs is 1. The second-order valence-corrected chi connectivity index (χ2v) is 9.00. The van der Waals surface area contributed by atoms with Crippen LogP contribution in [-0.2, 0) is 17.8 Å². The minimum absolute atomic E-state index is 0.110. The third kappa shape index (κ3) is 5.26. The SMILES string of the molecule is COc1cc(N2CCc3nc(N(C)C(=O)CCNC(=O)c4ccccn4)sc3C2)ccc1Cl. The highest BCUT2D eigenvalue weighted by Gasteiger charge is 2.24. The van der Waals surface area contributed by atoms with Crippen molar-refractivity contribution in [3.63, 3.8) is 0 Å². The van der Waals surface area contributed by atoms with Gasteiger partial charge in [-0.2, -0.15) is 0 Å². The molecule has 1 N–H and O–H groups in total. The van der Waals surface area contributed by atoms with Crippen molar-refractivity contribution in [3.8, 4) is 5.75 Å². The highest BCUT2D eigenvalue weighted by atomic mass is 35.5. The summed E-state index contributed by atoms with van der Waals surface area (Å²) in [7, 11) is 3.32. The molecule has 33 heavy (non-hydrogen) atoms. The van der Waals surface area contributed by atoms with Gasteiger partial charge in [-0.15, -0.1) is 0 Å². The van der Waals surface area contributed by atoms with Crippen molar-refractivity contribution in [2.45, 2.75) is 19.4 Å². The van der Waals surface area contributed by atoms with Crippen molar-refractivity contribution < 1.29 is 14.3 Å². The van der Waals surface area contributed by atoms with Gasteiger partial charge in [-0.25, -0.2) is 4.98 Å². The molecule has 1 aromatic carbocycles. The van der Waals surface area contributed by atoms with Crippen molar-refractivity contribution in [2.24, 2.45) is 0 Å². The first-order chi connectivity index (χ1) is 16.0. The van der Waals surface area contributed by atoms with Gasteiger partial charge in [-0.3, -0.25) is 19.5 Å². The van der Waals surface area contributed by atoms with E-state index < -0.39 is 0 Å². The maximum absolute atomic E-state index is 12.7. The molecule has 0 atom stereocenters. The van der Waals surface area contributed by atoms with E-state index in [1.807, 2.05) is 18.2 Å². The molecular formula is C23H24ClN5O3S. The summed E-state index contributed by atoms with van der Waals surface area (Å²) in [6, 6.07) is 10.9. The first-order valence-corrected chi connectivity index (χ1v) is 11.7. The van der Waals surface area contributed by atoms with E-state index in [-0.39, 0.29) is 24.8 Å². The average molecular weight is 486 g/mol. The summed E-state index contributed by atoms with van der Waals surface area (Å²) in [6.07, 6.45) is 2.53. The van der Waals surface area contributed by atoms with Crippen LogP contribution in [0.3, 0.4) is 0 Å². The average Bonchev–Trinajstić information content (AvgIpc) is 3.27. The van der Waals surface area contributed by atoms with Crippen LogP contribution in [-0.4, -0.2) is 49.0 Å². The number of halogens is 1. The van der Waals surface area contributed by atoms with E-state index in [1.54, 1.807) is 43.5 Å². The summed E-state index contributed by atoms with van der Waals surface area (Å²) in [4.78, 5) is 38.4. The highest BCUT2D eigenvalue weighted by molar-refractivity contribution is 7.16.